The van der Waals surface area contributed by atoms with Gasteiger partial charge in [0.25, 0.3) is 0 Å². The SMILES string of the molecule is CCOC(=O)CCCCOC(P)C1CC1. The average Bonchev–Trinajstić information content (AvgIpc) is 3.00. The molecular weight excluding hydrogens is 211 g/mol. The highest BCUT2D eigenvalue weighted by Crippen LogP contribution is 2.37. The van der Waals surface area contributed by atoms with E-state index in [4.69, 9.17) is 9.47 Å². The minimum absolute atomic E-state index is 0.0953. The first kappa shape index (κ1) is 12.9. The van der Waals surface area contributed by atoms with Crippen molar-refractivity contribution in [3.05, 3.63) is 0 Å². The third-order valence-electron chi connectivity index (χ3n) is 2.48. The number of hydrogen-bond donors (Lipinski definition) is 0. The smallest absolute Gasteiger partial charge is 0.305 e. The molecule has 3 nitrogen and oxygen atoms in total. The van der Waals surface area contributed by atoms with E-state index in [-0.39, 0.29) is 5.97 Å². The lowest BCUT2D eigenvalue weighted by atomic mass is 10.2. The Morgan fingerprint density at radius 3 is 2.80 bits per heavy atom. The largest absolute Gasteiger partial charge is 0.466 e. The summed E-state index contributed by atoms with van der Waals surface area (Å²) in [6, 6.07) is 0. The van der Waals surface area contributed by atoms with Crippen LogP contribution in [0.25, 0.3) is 0 Å². The first-order chi connectivity index (χ1) is 7.24. The molecule has 15 heavy (non-hydrogen) atoms. The Labute approximate surface area is 94.1 Å². The summed E-state index contributed by atoms with van der Waals surface area (Å²) >= 11 is 0. The van der Waals surface area contributed by atoms with Crippen LogP contribution in [0.4, 0.5) is 0 Å². The molecular formula is C11H21O3P. The maximum absolute atomic E-state index is 11.0. The second-order valence-corrected chi connectivity index (χ2v) is 4.59. The molecule has 4 heteroatoms. The fourth-order valence-corrected chi connectivity index (χ4v) is 1.91. The Morgan fingerprint density at radius 2 is 2.20 bits per heavy atom. The normalized spacial score (nSPS) is 17.5. The minimum Gasteiger partial charge on any atom is -0.466 e. The molecule has 1 saturated carbocycles. The van der Waals surface area contributed by atoms with E-state index in [2.05, 4.69) is 9.24 Å². The van der Waals surface area contributed by atoms with Crippen LogP contribution >= 0.6 is 9.24 Å². The van der Waals surface area contributed by atoms with E-state index in [1.807, 2.05) is 6.92 Å². The Kier molecular flexibility index (Phi) is 6.19. The van der Waals surface area contributed by atoms with Gasteiger partial charge in [-0.3, -0.25) is 4.79 Å². The van der Waals surface area contributed by atoms with Gasteiger partial charge in [0.1, 0.15) is 0 Å². The molecule has 88 valence electrons. The Balaban J connectivity index is 1.85. The fraction of sp³-hybridized carbons (Fsp3) is 0.909. The summed E-state index contributed by atoms with van der Waals surface area (Å²) in [7, 11) is 2.74. The van der Waals surface area contributed by atoms with Crippen molar-refractivity contribution < 1.29 is 14.3 Å². The maximum atomic E-state index is 11.0. The summed E-state index contributed by atoms with van der Waals surface area (Å²) in [6.45, 7) is 3.06. The lowest BCUT2D eigenvalue weighted by Gasteiger charge is -2.11. The van der Waals surface area contributed by atoms with Crippen LogP contribution in [-0.2, 0) is 14.3 Å². The summed E-state index contributed by atoms with van der Waals surface area (Å²) in [5.74, 6) is 0.995. The molecule has 0 radical (unpaired) electrons. The predicted molar refractivity (Wildman–Crippen MR) is 62.7 cm³/mol. The minimum atomic E-state index is -0.0953. The van der Waals surface area contributed by atoms with Crippen LogP contribution in [0.2, 0.25) is 0 Å². The van der Waals surface area contributed by atoms with Gasteiger partial charge in [0.05, 0.1) is 12.5 Å². The summed E-state index contributed by atoms with van der Waals surface area (Å²) in [4.78, 5) is 11.0. The second kappa shape index (κ2) is 7.19. The number of esters is 1. The molecule has 0 aromatic rings. The van der Waals surface area contributed by atoms with Crippen molar-refractivity contribution in [1.82, 2.24) is 0 Å². The molecule has 1 fully saturated rings. The first-order valence-corrected chi connectivity index (χ1v) is 6.43. The summed E-state index contributed by atoms with van der Waals surface area (Å²) in [6.07, 6.45) is 4.92. The molecule has 0 heterocycles. The molecule has 0 saturated heterocycles. The molecule has 1 aliphatic carbocycles. The quantitative estimate of drug-likeness (QED) is 0.366. The standard InChI is InChI=1S/C11H21O3P/c1-2-13-10(12)5-3-4-8-14-11(15)9-6-7-9/h9,11H,2-8,15H2,1H3. The molecule has 0 bridgehead atoms. The fourth-order valence-electron chi connectivity index (χ4n) is 1.38. The molecule has 0 aromatic heterocycles. The van der Waals surface area contributed by atoms with Crippen molar-refractivity contribution in [2.75, 3.05) is 13.2 Å². The lowest BCUT2D eigenvalue weighted by Crippen LogP contribution is -2.09. The first-order valence-electron chi connectivity index (χ1n) is 5.77. The third-order valence-corrected chi connectivity index (χ3v) is 3.21. The Hall–Kier alpha value is -0.140. The van der Waals surface area contributed by atoms with Crippen LogP contribution in [-0.4, -0.2) is 25.0 Å². The number of ether oxygens (including phenoxy) is 2. The average molecular weight is 232 g/mol. The van der Waals surface area contributed by atoms with Crippen LogP contribution in [0.3, 0.4) is 0 Å². The van der Waals surface area contributed by atoms with Gasteiger partial charge in [0.2, 0.25) is 0 Å². The Bertz CT molecular complexity index is 192. The van der Waals surface area contributed by atoms with Crippen molar-refractivity contribution in [3.63, 3.8) is 0 Å². The third kappa shape index (κ3) is 6.11. The zero-order valence-electron chi connectivity index (χ0n) is 9.41. The Morgan fingerprint density at radius 1 is 1.47 bits per heavy atom. The van der Waals surface area contributed by atoms with Crippen LogP contribution in [0.1, 0.15) is 39.0 Å². The van der Waals surface area contributed by atoms with Crippen molar-refractivity contribution in [2.24, 2.45) is 5.92 Å². The maximum Gasteiger partial charge on any atom is 0.305 e. The highest BCUT2D eigenvalue weighted by atomic mass is 31.0. The molecule has 1 rings (SSSR count). The van der Waals surface area contributed by atoms with E-state index in [1.165, 1.54) is 12.8 Å². The van der Waals surface area contributed by atoms with Gasteiger partial charge in [-0.25, -0.2) is 0 Å². The zero-order valence-corrected chi connectivity index (χ0v) is 10.6. The zero-order chi connectivity index (χ0) is 11.1. The molecule has 0 aromatic carbocycles. The van der Waals surface area contributed by atoms with Crippen LogP contribution < -0.4 is 0 Å². The summed E-state index contributed by atoms with van der Waals surface area (Å²) < 4.78 is 10.5. The number of carbonyl (C=O) groups is 1. The van der Waals surface area contributed by atoms with Crippen LogP contribution in [0.5, 0.6) is 0 Å². The van der Waals surface area contributed by atoms with Gasteiger partial charge in [-0.1, -0.05) is 0 Å². The van der Waals surface area contributed by atoms with Crippen molar-refractivity contribution in [2.45, 2.75) is 44.9 Å². The second-order valence-electron chi connectivity index (χ2n) is 3.93. The van der Waals surface area contributed by atoms with Gasteiger partial charge in [0.15, 0.2) is 0 Å². The number of rotatable bonds is 8. The van der Waals surface area contributed by atoms with Crippen LogP contribution in [0.15, 0.2) is 0 Å². The van der Waals surface area contributed by atoms with Gasteiger partial charge >= 0.3 is 5.97 Å². The van der Waals surface area contributed by atoms with Crippen molar-refractivity contribution in [1.29, 1.82) is 0 Å². The van der Waals surface area contributed by atoms with E-state index in [9.17, 15) is 4.79 Å². The highest BCUT2D eigenvalue weighted by molar-refractivity contribution is 7.17. The van der Waals surface area contributed by atoms with E-state index in [1.54, 1.807) is 0 Å². The molecule has 0 amide bonds. The molecule has 1 aliphatic rings. The predicted octanol–water partition coefficient (Wildman–Crippen LogP) is 2.35. The van der Waals surface area contributed by atoms with E-state index < -0.39 is 0 Å². The van der Waals surface area contributed by atoms with Gasteiger partial charge in [-0.2, -0.15) is 0 Å². The van der Waals surface area contributed by atoms with Crippen LogP contribution in [0, 0.1) is 5.92 Å². The summed E-state index contributed by atoms with van der Waals surface area (Å²) in [5.41, 5.74) is 0. The van der Waals surface area contributed by atoms with E-state index in [0.717, 1.165) is 25.4 Å². The molecule has 0 spiro atoms. The molecule has 2 unspecified atom stereocenters. The summed E-state index contributed by atoms with van der Waals surface area (Å²) in [5, 5.41) is 0. The molecule has 2 atom stereocenters. The number of unbranched alkanes of at least 4 members (excludes halogenated alkanes) is 1. The van der Waals surface area contributed by atoms with Gasteiger partial charge < -0.3 is 9.47 Å². The topological polar surface area (TPSA) is 35.5 Å². The van der Waals surface area contributed by atoms with Gasteiger partial charge in [0, 0.05) is 13.0 Å². The highest BCUT2D eigenvalue weighted by Gasteiger charge is 2.28. The van der Waals surface area contributed by atoms with E-state index >= 15 is 0 Å². The molecule has 0 N–H and O–H groups in total. The molecule has 0 aliphatic heterocycles. The number of hydrogen-bond acceptors (Lipinski definition) is 3. The number of carbonyl (C=O) groups excluding carboxylic acids is 1. The monoisotopic (exact) mass is 232 g/mol. The van der Waals surface area contributed by atoms with Crippen molar-refractivity contribution in [3.8, 4) is 0 Å². The van der Waals surface area contributed by atoms with Crippen molar-refractivity contribution >= 4 is 15.2 Å². The van der Waals surface area contributed by atoms with Gasteiger partial charge in [-0.05, 0) is 38.5 Å². The van der Waals surface area contributed by atoms with Gasteiger partial charge in [-0.15, -0.1) is 9.24 Å². The van der Waals surface area contributed by atoms with E-state index in [0.29, 0.717) is 18.9 Å². The lowest BCUT2D eigenvalue weighted by molar-refractivity contribution is -0.143.